The van der Waals surface area contributed by atoms with Crippen molar-refractivity contribution in [3.63, 3.8) is 0 Å². The van der Waals surface area contributed by atoms with E-state index in [1.165, 1.54) is 386 Å². The zero-order valence-corrected chi connectivity index (χ0v) is 65.2. The van der Waals surface area contributed by atoms with Gasteiger partial charge in [-0.15, -0.1) is 0 Å². The largest absolute Gasteiger partial charge is 1.00 e. The van der Waals surface area contributed by atoms with E-state index < -0.39 is 7.82 Å². The van der Waals surface area contributed by atoms with Crippen LogP contribution in [-0.4, -0.2) is 129 Å². The molecule has 0 amide bonds. The van der Waals surface area contributed by atoms with Crippen molar-refractivity contribution in [2.75, 3.05) is 111 Å². The molecular formula is C76H168BrN4O4P. The average molecular weight is 1310 g/mol. The highest BCUT2D eigenvalue weighted by Crippen LogP contribution is 2.18. The first-order valence-corrected chi connectivity index (χ1v) is 39.7. The Kier molecular flexibility index (Phi) is 84.4. The van der Waals surface area contributed by atoms with E-state index in [0.29, 0.717) is 0 Å². The van der Waals surface area contributed by atoms with Gasteiger partial charge in [-0.3, -0.25) is 0 Å². The van der Waals surface area contributed by atoms with Gasteiger partial charge in [0.1, 0.15) is 0 Å². The van der Waals surface area contributed by atoms with Crippen molar-refractivity contribution in [1.29, 1.82) is 0 Å². The molecule has 10 heteroatoms. The summed E-state index contributed by atoms with van der Waals surface area (Å²) in [5.41, 5.74) is 0. The molecule has 0 aliphatic rings. The molecule has 0 rings (SSSR count). The van der Waals surface area contributed by atoms with Crippen LogP contribution in [0.15, 0.2) is 0 Å². The number of nitrogens with zero attached hydrogens (tertiary/aromatic N) is 4. The Bertz CT molecular complexity index is 1070. The summed E-state index contributed by atoms with van der Waals surface area (Å²) in [5.74, 6) is 0. The van der Waals surface area contributed by atoms with Gasteiger partial charge in [-0.05, 0) is 51.4 Å². The minimum Gasteiger partial charge on any atom is -1.00 e. The average Bonchev–Trinajstić information content (AvgIpc) is 3.41. The monoisotopic (exact) mass is 1310 g/mol. The first kappa shape index (κ1) is 97.5. The summed E-state index contributed by atoms with van der Waals surface area (Å²) in [7, 11) is 22.1. The second kappa shape index (κ2) is 74.5. The topological polar surface area (TPSA) is 86.2 Å². The number of quaternary nitrogens is 4. The molecule has 0 aromatic heterocycles. The molecule has 0 heterocycles. The van der Waals surface area contributed by atoms with Gasteiger partial charge < -0.3 is 54.2 Å². The van der Waals surface area contributed by atoms with Crippen LogP contribution in [0.4, 0.5) is 0 Å². The highest BCUT2D eigenvalue weighted by atomic mass is 79.9. The van der Waals surface area contributed by atoms with Gasteiger partial charge in [0.15, 0.2) is 0 Å². The maximum absolute atomic E-state index is 8.55. The summed E-state index contributed by atoms with van der Waals surface area (Å²) < 4.78 is 13.0. The molecule has 0 radical (unpaired) electrons. The SMILES string of the molecule is CCCCCCCCCCCCCCCC[N+](C)(C)C.CCCCCCCCCCCCCCCC[N+](C)(C)C.CCCCCCCCCCCCCCCC[N+](C)(C)C.CCCCCCCCCCCCCCCC[N+](C)(C)C.O=P([O-])([O-])[O-].[Br-]. The van der Waals surface area contributed by atoms with Crippen LogP contribution in [0.5, 0.6) is 0 Å². The van der Waals surface area contributed by atoms with Gasteiger partial charge in [0.25, 0.3) is 0 Å². The second-order valence-corrected chi connectivity index (χ2v) is 31.8. The standard InChI is InChI=1S/4C19H42N.BrH.H3O4P/c4*1-5-6-7-8-9-10-11-12-13-14-15-16-17-18-19-20(2,3)4;;1-5(2,3)4/h4*5-19H2,1-4H3;1H;(H3,1,2,3,4)/q4*+1;;/p-4. The van der Waals surface area contributed by atoms with Crippen molar-refractivity contribution >= 4 is 7.82 Å². The normalized spacial score (nSPS) is 11.8. The second-order valence-electron chi connectivity index (χ2n) is 30.9. The number of halogens is 1. The molecule has 528 valence electrons. The van der Waals surface area contributed by atoms with Crippen LogP contribution in [0, 0.1) is 0 Å². The molecule has 0 saturated heterocycles. The van der Waals surface area contributed by atoms with Crippen molar-refractivity contribution in [2.45, 2.75) is 387 Å². The third-order valence-electron chi connectivity index (χ3n) is 16.7. The highest BCUT2D eigenvalue weighted by molar-refractivity contribution is 7.40. The Balaban J connectivity index is -0.000000240. The van der Waals surface area contributed by atoms with Gasteiger partial charge in [-0.2, -0.15) is 7.82 Å². The van der Waals surface area contributed by atoms with E-state index >= 15 is 0 Å². The van der Waals surface area contributed by atoms with Gasteiger partial charge in [0.2, 0.25) is 0 Å². The number of hydrogen-bond donors (Lipinski definition) is 0. The predicted octanol–water partition coefficient (Wildman–Crippen LogP) is 18.9. The molecule has 8 nitrogen and oxygen atoms in total. The van der Waals surface area contributed by atoms with E-state index in [2.05, 4.69) is 112 Å². The lowest BCUT2D eigenvalue weighted by molar-refractivity contribution is -0.870. The Morgan fingerprint density at radius 2 is 0.256 bits per heavy atom. The molecule has 0 aromatic rings. The molecule has 0 atom stereocenters. The fourth-order valence-corrected chi connectivity index (χ4v) is 11.1. The Morgan fingerprint density at radius 1 is 0.186 bits per heavy atom. The van der Waals surface area contributed by atoms with E-state index in [0.717, 1.165) is 17.9 Å². The van der Waals surface area contributed by atoms with Gasteiger partial charge >= 0.3 is 0 Å². The first-order valence-electron chi connectivity index (χ1n) is 38.2. The first-order chi connectivity index (χ1) is 40.2. The number of hydrogen-bond acceptors (Lipinski definition) is 4. The molecular weight excluding hydrogens is 1140 g/mol. The van der Waals surface area contributed by atoms with E-state index in [1.54, 1.807) is 0 Å². The lowest BCUT2D eigenvalue weighted by atomic mass is 10.0. The minimum atomic E-state index is -5.39. The van der Waals surface area contributed by atoms with Crippen LogP contribution in [0.25, 0.3) is 0 Å². The van der Waals surface area contributed by atoms with E-state index in [4.69, 9.17) is 19.2 Å². The maximum Gasteiger partial charge on any atom is 0.0780 e. The molecule has 0 bridgehead atoms. The predicted molar refractivity (Wildman–Crippen MR) is 380 cm³/mol. The summed E-state index contributed by atoms with van der Waals surface area (Å²) in [6.07, 6.45) is 81.5. The molecule has 0 saturated carbocycles. The van der Waals surface area contributed by atoms with Crippen molar-refractivity contribution in [3.05, 3.63) is 0 Å². The van der Waals surface area contributed by atoms with Crippen LogP contribution in [0.3, 0.4) is 0 Å². The Morgan fingerprint density at radius 3 is 0.326 bits per heavy atom. The van der Waals surface area contributed by atoms with Gasteiger partial charge in [-0.25, -0.2) is 0 Å². The van der Waals surface area contributed by atoms with Gasteiger partial charge in [-0.1, -0.05) is 336 Å². The minimum absolute atomic E-state index is 0. The van der Waals surface area contributed by atoms with Crippen LogP contribution in [0.1, 0.15) is 387 Å². The molecule has 0 spiro atoms. The lowest BCUT2D eigenvalue weighted by Gasteiger charge is -2.36. The van der Waals surface area contributed by atoms with Crippen LogP contribution < -0.4 is 31.7 Å². The van der Waals surface area contributed by atoms with Crippen molar-refractivity contribution in [1.82, 2.24) is 0 Å². The third-order valence-corrected chi connectivity index (χ3v) is 16.7. The highest BCUT2D eigenvalue weighted by Gasteiger charge is 2.08. The summed E-state index contributed by atoms with van der Waals surface area (Å²) in [6, 6.07) is 0. The van der Waals surface area contributed by atoms with Crippen LogP contribution in [-0.2, 0) is 4.57 Å². The molecule has 0 aliphatic heterocycles. The van der Waals surface area contributed by atoms with Crippen LogP contribution in [0.2, 0.25) is 0 Å². The fourth-order valence-electron chi connectivity index (χ4n) is 11.1. The number of unbranched alkanes of at least 4 members (excludes halogenated alkanes) is 52. The van der Waals surface area contributed by atoms with Crippen molar-refractivity contribution in [2.24, 2.45) is 0 Å². The zero-order valence-electron chi connectivity index (χ0n) is 62.7. The molecule has 0 N–H and O–H groups in total. The summed E-state index contributed by atoms with van der Waals surface area (Å²) in [4.78, 5) is 25.6. The lowest BCUT2D eigenvalue weighted by Crippen LogP contribution is -3.00. The molecule has 0 aliphatic carbocycles. The van der Waals surface area contributed by atoms with E-state index in [9.17, 15) is 0 Å². The fraction of sp³-hybridized carbons (Fsp3) is 1.00. The van der Waals surface area contributed by atoms with E-state index in [-0.39, 0.29) is 17.0 Å². The maximum atomic E-state index is 8.55. The van der Waals surface area contributed by atoms with Crippen LogP contribution >= 0.6 is 7.82 Å². The summed E-state index contributed by atoms with van der Waals surface area (Å²) >= 11 is 0. The summed E-state index contributed by atoms with van der Waals surface area (Å²) in [5, 5.41) is 0. The molecule has 0 unspecified atom stereocenters. The number of phosphoric acid groups is 1. The van der Waals surface area contributed by atoms with Crippen molar-refractivity contribution < 1.29 is 54.2 Å². The quantitative estimate of drug-likeness (QED) is 0.0345. The van der Waals surface area contributed by atoms with Gasteiger partial charge in [0.05, 0.1) is 111 Å². The third kappa shape index (κ3) is 126. The molecule has 0 aromatic carbocycles. The molecule has 0 fully saturated rings. The zero-order chi connectivity index (χ0) is 64.9. The Labute approximate surface area is 556 Å². The van der Waals surface area contributed by atoms with E-state index in [1.807, 2.05) is 0 Å². The smallest absolute Gasteiger partial charge is 0.0780 e. The molecule has 86 heavy (non-hydrogen) atoms. The summed E-state index contributed by atoms with van der Waals surface area (Å²) in [6.45, 7) is 14.5. The number of rotatable bonds is 60. The Hall–Kier alpha value is 0.430. The van der Waals surface area contributed by atoms with Gasteiger partial charge in [0, 0.05) is 0 Å². The van der Waals surface area contributed by atoms with Crippen molar-refractivity contribution in [3.8, 4) is 0 Å².